The highest BCUT2D eigenvalue weighted by Gasteiger charge is 2.18. The van der Waals surface area contributed by atoms with Gasteiger partial charge in [-0.2, -0.15) is 20.0 Å². The van der Waals surface area contributed by atoms with Crippen molar-refractivity contribution in [3.05, 3.63) is 109 Å². The van der Waals surface area contributed by atoms with Gasteiger partial charge in [-0.1, -0.05) is 48.5 Å². The lowest BCUT2D eigenvalue weighted by Gasteiger charge is -2.12. The first-order chi connectivity index (χ1) is 24.4. The number of phenolic OH excluding ortho intramolecular Hbond substituents is 1. The number of nitrogens with zero attached hydrogens (tertiary/aromatic N) is 8. The smallest absolute Gasteiger partial charge is 0.243 e. The molecule has 0 bridgehead atoms. The number of hydrogen-bond acceptors (Lipinski definition) is 13. The van der Waals surface area contributed by atoms with E-state index in [1.807, 2.05) is 36.4 Å². The van der Waals surface area contributed by atoms with Crippen molar-refractivity contribution in [1.82, 2.24) is 9.78 Å². The van der Waals surface area contributed by atoms with Crippen LogP contribution in [0.2, 0.25) is 0 Å². The number of azo groups is 3. The molecule has 4 N–H and O–H groups in total. The minimum absolute atomic E-state index is 0.0161. The van der Waals surface area contributed by atoms with Crippen molar-refractivity contribution in [3.63, 3.8) is 0 Å². The zero-order chi connectivity index (χ0) is 34.9. The molecule has 5 aromatic carbocycles. The van der Waals surface area contributed by atoms with Gasteiger partial charge in [0, 0.05) is 17.5 Å². The number of aromatic hydroxyl groups is 2. The van der Waals surface area contributed by atoms with Crippen LogP contribution in [0.1, 0.15) is 5.69 Å². The first-order valence-electron chi connectivity index (χ1n) is 15.5. The fourth-order valence-electron chi connectivity index (χ4n) is 4.85. The molecular formula is C36H32N8O6. The lowest BCUT2D eigenvalue weighted by molar-refractivity contribution is 0.198. The lowest BCUT2D eigenvalue weighted by Crippen LogP contribution is -2.04. The molecule has 0 aliphatic heterocycles. The highest BCUT2D eigenvalue weighted by atomic mass is 16.5. The lowest BCUT2D eigenvalue weighted by atomic mass is 10.1. The molecule has 252 valence electrons. The molecule has 0 amide bonds. The van der Waals surface area contributed by atoms with Crippen molar-refractivity contribution in [3.8, 4) is 28.8 Å². The number of hydrogen-bond donors (Lipinski definition) is 4. The standard InChI is InChI=1S/C36H32N8O6/c1-23-34(42-38-26-10-6-3-7-11-26)36(48)44(43-23)27-14-12-24-13-15-29(35(47)28(24)20-27)39-41-31-22-32(49-18-16-45)30(21-33(31)50-19-17-46)40-37-25-8-4-2-5-9-25/h2-15,20-22,45-48H,16-19H2,1H3/b40-37+,41-39+,42-38+. The van der Waals surface area contributed by atoms with Gasteiger partial charge in [-0.25, -0.2) is 0 Å². The molecule has 50 heavy (non-hydrogen) atoms. The van der Waals surface area contributed by atoms with Crippen LogP contribution in [-0.2, 0) is 0 Å². The fraction of sp³-hybridized carbons (Fsp3) is 0.139. The molecule has 6 aromatic rings. The summed E-state index contributed by atoms with van der Waals surface area (Å²) < 4.78 is 12.8. The SMILES string of the molecule is Cc1nn(-c2ccc3ccc(/N=N/c4cc(OCCO)c(/N=N/c5ccccc5)cc4OCCO)c(O)c3c2)c(O)c1/N=N/c1ccccc1. The average molecular weight is 673 g/mol. The number of aliphatic hydroxyl groups excluding tert-OH is 2. The van der Waals surface area contributed by atoms with E-state index < -0.39 is 0 Å². The second-order valence-electron chi connectivity index (χ2n) is 10.7. The first kappa shape index (κ1) is 33.4. The maximum atomic E-state index is 11.3. The molecule has 0 spiro atoms. The largest absolute Gasteiger partial charge is 0.505 e. The molecule has 1 heterocycles. The Hall–Kier alpha value is -6.51. The third kappa shape index (κ3) is 7.62. The van der Waals surface area contributed by atoms with Crippen LogP contribution >= 0.6 is 0 Å². The van der Waals surface area contributed by atoms with E-state index in [9.17, 15) is 20.4 Å². The molecule has 0 fully saturated rings. The van der Waals surface area contributed by atoms with Crippen molar-refractivity contribution in [2.75, 3.05) is 26.4 Å². The maximum absolute atomic E-state index is 11.3. The summed E-state index contributed by atoms with van der Waals surface area (Å²) in [5.41, 5.74) is 3.05. The summed E-state index contributed by atoms with van der Waals surface area (Å²) in [5, 5.41) is 72.3. The summed E-state index contributed by atoms with van der Waals surface area (Å²) in [6.45, 7) is 1.17. The molecule has 0 unspecified atom stereocenters. The van der Waals surface area contributed by atoms with Gasteiger partial charge in [0.05, 0.1) is 36.0 Å². The molecule has 14 nitrogen and oxygen atoms in total. The van der Waals surface area contributed by atoms with Gasteiger partial charge in [-0.05, 0) is 54.8 Å². The second-order valence-corrected chi connectivity index (χ2v) is 10.7. The van der Waals surface area contributed by atoms with E-state index in [-0.39, 0.29) is 66.6 Å². The molecule has 0 aliphatic rings. The summed E-state index contributed by atoms with van der Waals surface area (Å²) in [5.74, 6) is 0.114. The van der Waals surface area contributed by atoms with Gasteiger partial charge in [-0.15, -0.1) is 20.5 Å². The normalized spacial score (nSPS) is 11.7. The van der Waals surface area contributed by atoms with Crippen molar-refractivity contribution < 1.29 is 29.9 Å². The summed E-state index contributed by atoms with van der Waals surface area (Å²) in [7, 11) is 0. The van der Waals surface area contributed by atoms with Gasteiger partial charge < -0.3 is 29.9 Å². The Morgan fingerprint density at radius 2 is 1.16 bits per heavy atom. The quantitative estimate of drug-likeness (QED) is 0.0881. The van der Waals surface area contributed by atoms with Crippen LogP contribution in [0.15, 0.2) is 134 Å². The first-order valence-corrected chi connectivity index (χ1v) is 15.5. The van der Waals surface area contributed by atoms with Crippen LogP contribution in [0.5, 0.6) is 23.1 Å². The Kier molecular flexibility index (Phi) is 10.4. The Balaban J connectivity index is 1.34. The Labute approximate surface area is 286 Å². The summed E-state index contributed by atoms with van der Waals surface area (Å²) in [6.07, 6.45) is 0. The molecule has 0 saturated heterocycles. The number of aliphatic hydroxyl groups is 2. The van der Waals surface area contributed by atoms with E-state index in [1.165, 1.54) is 10.7 Å². The number of aryl methyl sites for hydroxylation is 1. The zero-order valence-electron chi connectivity index (χ0n) is 26.8. The number of rotatable bonds is 13. The van der Waals surface area contributed by atoms with Crippen molar-refractivity contribution in [1.29, 1.82) is 0 Å². The Bertz CT molecular complexity index is 2190. The molecule has 0 aliphatic carbocycles. The van der Waals surface area contributed by atoms with Gasteiger partial charge in [-0.3, -0.25) is 0 Å². The highest BCUT2D eigenvalue weighted by molar-refractivity contribution is 5.93. The molecular weight excluding hydrogens is 640 g/mol. The maximum Gasteiger partial charge on any atom is 0.243 e. The zero-order valence-corrected chi connectivity index (χ0v) is 26.8. The van der Waals surface area contributed by atoms with E-state index in [0.29, 0.717) is 39.2 Å². The van der Waals surface area contributed by atoms with Gasteiger partial charge in [0.1, 0.15) is 41.8 Å². The predicted molar refractivity (Wildman–Crippen MR) is 186 cm³/mol. The number of ether oxygens (including phenoxy) is 2. The van der Waals surface area contributed by atoms with Crippen molar-refractivity contribution in [2.24, 2.45) is 30.7 Å². The molecule has 14 heteroatoms. The van der Waals surface area contributed by atoms with Crippen molar-refractivity contribution >= 4 is 44.9 Å². The van der Waals surface area contributed by atoms with Gasteiger partial charge in [0.2, 0.25) is 5.88 Å². The van der Waals surface area contributed by atoms with Gasteiger partial charge in [0.15, 0.2) is 11.4 Å². The second kappa shape index (κ2) is 15.6. The van der Waals surface area contributed by atoms with E-state index in [1.54, 1.807) is 67.6 Å². The molecule has 0 atom stereocenters. The predicted octanol–water partition coefficient (Wildman–Crippen LogP) is 8.73. The van der Waals surface area contributed by atoms with Crippen LogP contribution in [-0.4, -0.2) is 56.6 Å². The minimum atomic E-state index is -0.253. The number of benzene rings is 5. The number of phenols is 1. The fourth-order valence-corrected chi connectivity index (χ4v) is 4.85. The van der Waals surface area contributed by atoms with E-state index in [4.69, 9.17) is 9.47 Å². The van der Waals surface area contributed by atoms with Crippen LogP contribution in [0.4, 0.5) is 34.1 Å². The van der Waals surface area contributed by atoms with Crippen LogP contribution in [0.25, 0.3) is 16.5 Å². The van der Waals surface area contributed by atoms with E-state index in [2.05, 4.69) is 35.8 Å². The third-order valence-electron chi connectivity index (χ3n) is 7.26. The Morgan fingerprint density at radius 3 is 1.76 bits per heavy atom. The summed E-state index contributed by atoms with van der Waals surface area (Å²) in [6, 6.07) is 29.9. The Morgan fingerprint density at radius 1 is 0.620 bits per heavy atom. The van der Waals surface area contributed by atoms with Crippen LogP contribution in [0, 0.1) is 6.92 Å². The monoisotopic (exact) mass is 672 g/mol. The van der Waals surface area contributed by atoms with Crippen LogP contribution in [0.3, 0.4) is 0 Å². The van der Waals surface area contributed by atoms with Crippen molar-refractivity contribution in [2.45, 2.75) is 6.92 Å². The summed E-state index contributed by atoms with van der Waals surface area (Å²) in [4.78, 5) is 0. The molecule has 0 saturated carbocycles. The molecule has 0 radical (unpaired) electrons. The highest BCUT2D eigenvalue weighted by Crippen LogP contribution is 2.43. The molecule has 6 rings (SSSR count). The average Bonchev–Trinajstić information content (AvgIpc) is 3.44. The minimum Gasteiger partial charge on any atom is -0.505 e. The van der Waals surface area contributed by atoms with Gasteiger partial charge >= 0.3 is 0 Å². The number of aromatic nitrogens is 2. The van der Waals surface area contributed by atoms with E-state index in [0.717, 1.165) is 0 Å². The van der Waals surface area contributed by atoms with Crippen LogP contribution < -0.4 is 9.47 Å². The van der Waals surface area contributed by atoms with E-state index >= 15 is 0 Å². The third-order valence-corrected chi connectivity index (χ3v) is 7.26. The topological polar surface area (TPSA) is 191 Å². The number of fused-ring (bicyclic) bond motifs is 1. The van der Waals surface area contributed by atoms with Gasteiger partial charge in [0.25, 0.3) is 0 Å². The summed E-state index contributed by atoms with van der Waals surface area (Å²) >= 11 is 0. The molecule has 1 aromatic heterocycles.